The van der Waals surface area contributed by atoms with Crippen LogP contribution >= 0.6 is 11.6 Å². The molecule has 1 aromatic heterocycles. The van der Waals surface area contributed by atoms with E-state index in [4.69, 9.17) is 16.0 Å². The van der Waals surface area contributed by atoms with Crippen molar-refractivity contribution in [1.29, 1.82) is 0 Å². The number of benzene rings is 4. The first-order valence-electron chi connectivity index (χ1n) is 8.82. The van der Waals surface area contributed by atoms with E-state index in [1.165, 1.54) is 0 Å². The third-order valence-corrected chi connectivity index (χ3v) is 5.06. The molecule has 0 aliphatic rings. The summed E-state index contributed by atoms with van der Waals surface area (Å²) in [6, 6.07) is 30.5. The Morgan fingerprint density at radius 3 is 2.26 bits per heavy atom. The first kappa shape index (κ1) is 16.0. The van der Waals surface area contributed by atoms with Crippen LogP contribution in [-0.2, 0) is 0 Å². The Labute approximate surface area is 162 Å². The van der Waals surface area contributed by atoms with Gasteiger partial charge < -0.3 is 9.73 Å². The lowest BCUT2D eigenvalue weighted by Crippen LogP contribution is -1.92. The standard InChI is InChI=1S/C24H16ClNO/c25-20-15-17(16-7-2-1-3-8-16)13-14-21(20)26-22-11-6-10-19-18-9-4-5-12-23(18)27-24(19)22/h1-15,26H. The molecule has 0 fully saturated rings. The van der Waals surface area contributed by atoms with Gasteiger partial charge in [0.25, 0.3) is 0 Å². The Balaban J connectivity index is 1.56. The summed E-state index contributed by atoms with van der Waals surface area (Å²) >= 11 is 6.57. The third kappa shape index (κ3) is 2.84. The summed E-state index contributed by atoms with van der Waals surface area (Å²) in [5.74, 6) is 0. The average molecular weight is 370 g/mol. The summed E-state index contributed by atoms with van der Waals surface area (Å²) in [7, 11) is 0. The maximum absolute atomic E-state index is 6.57. The van der Waals surface area contributed by atoms with E-state index < -0.39 is 0 Å². The second kappa shape index (κ2) is 6.49. The number of fused-ring (bicyclic) bond motifs is 3. The lowest BCUT2D eigenvalue weighted by atomic mass is 10.1. The number of rotatable bonds is 3. The molecule has 4 aromatic carbocycles. The predicted molar refractivity (Wildman–Crippen MR) is 114 cm³/mol. The monoisotopic (exact) mass is 369 g/mol. The van der Waals surface area contributed by atoms with E-state index in [0.717, 1.165) is 44.4 Å². The quantitative estimate of drug-likeness (QED) is 0.353. The van der Waals surface area contributed by atoms with Crippen molar-refractivity contribution in [2.45, 2.75) is 0 Å². The number of furan rings is 1. The first-order valence-corrected chi connectivity index (χ1v) is 9.20. The van der Waals surface area contributed by atoms with E-state index in [0.29, 0.717) is 5.02 Å². The summed E-state index contributed by atoms with van der Waals surface area (Å²) in [5.41, 5.74) is 5.70. The maximum atomic E-state index is 6.57. The van der Waals surface area contributed by atoms with Gasteiger partial charge in [0.15, 0.2) is 5.58 Å². The highest BCUT2D eigenvalue weighted by molar-refractivity contribution is 6.33. The minimum atomic E-state index is 0.671. The molecule has 130 valence electrons. The van der Waals surface area contributed by atoms with Crippen LogP contribution in [0.4, 0.5) is 11.4 Å². The molecule has 0 saturated carbocycles. The fourth-order valence-corrected chi connectivity index (χ4v) is 3.65. The van der Waals surface area contributed by atoms with Gasteiger partial charge in [0.1, 0.15) is 5.58 Å². The van der Waals surface area contributed by atoms with Gasteiger partial charge >= 0.3 is 0 Å². The van der Waals surface area contributed by atoms with Gasteiger partial charge in [-0.3, -0.25) is 0 Å². The van der Waals surface area contributed by atoms with Gasteiger partial charge in [0.2, 0.25) is 0 Å². The molecule has 5 aromatic rings. The Hall–Kier alpha value is -3.23. The predicted octanol–water partition coefficient (Wildman–Crippen LogP) is 7.65. The molecule has 2 nitrogen and oxygen atoms in total. The zero-order valence-corrected chi connectivity index (χ0v) is 15.2. The molecule has 1 heterocycles. The number of anilines is 2. The molecule has 1 N–H and O–H groups in total. The van der Waals surface area contributed by atoms with Gasteiger partial charge in [0, 0.05) is 10.8 Å². The minimum absolute atomic E-state index is 0.671. The van der Waals surface area contributed by atoms with Crippen molar-refractivity contribution in [2.24, 2.45) is 0 Å². The van der Waals surface area contributed by atoms with E-state index in [2.05, 4.69) is 35.6 Å². The van der Waals surface area contributed by atoms with E-state index in [1.807, 2.05) is 60.7 Å². The minimum Gasteiger partial charge on any atom is -0.454 e. The lowest BCUT2D eigenvalue weighted by molar-refractivity contribution is 0.670. The maximum Gasteiger partial charge on any atom is 0.158 e. The molecular weight excluding hydrogens is 354 g/mol. The van der Waals surface area contributed by atoms with E-state index in [1.54, 1.807) is 0 Å². The van der Waals surface area contributed by atoms with E-state index in [-0.39, 0.29) is 0 Å². The van der Waals surface area contributed by atoms with Crippen molar-refractivity contribution in [3.63, 3.8) is 0 Å². The second-order valence-electron chi connectivity index (χ2n) is 6.47. The highest BCUT2D eigenvalue weighted by atomic mass is 35.5. The van der Waals surface area contributed by atoms with Crippen LogP contribution in [0.5, 0.6) is 0 Å². The van der Waals surface area contributed by atoms with Crippen LogP contribution in [0.25, 0.3) is 33.1 Å². The number of para-hydroxylation sites is 2. The second-order valence-corrected chi connectivity index (χ2v) is 6.87. The summed E-state index contributed by atoms with van der Waals surface area (Å²) in [6.45, 7) is 0. The van der Waals surface area contributed by atoms with Crippen LogP contribution in [0.3, 0.4) is 0 Å². The Morgan fingerprint density at radius 1 is 0.630 bits per heavy atom. The van der Waals surface area contributed by atoms with E-state index >= 15 is 0 Å². The molecule has 0 unspecified atom stereocenters. The third-order valence-electron chi connectivity index (χ3n) is 4.75. The molecule has 0 radical (unpaired) electrons. The van der Waals surface area contributed by atoms with Crippen LogP contribution < -0.4 is 5.32 Å². The van der Waals surface area contributed by atoms with Crippen molar-refractivity contribution >= 4 is 44.9 Å². The molecule has 0 spiro atoms. The lowest BCUT2D eigenvalue weighted by Gasteiger charge is -2.11. The van der Waals surface area contributed by atoms with Crippen molar-refractivity contribution in [2.75, 3.05) is 5.32 Å². The molecule has 0 aliphatic heterocycles. The number of hydrogen-bond donors (Lipinski definition) is 1. The van der Waals surface area contributed by atoms with Crippen LogP contribution in [0.15, 0.2) is 95.4 Å². The molecule has 0 saturated heterocycles. The summed E-state index contributed by atoms with van der Waals surface area (Å²) in [4.78, 5) is 0. The van der Waals surface area contributed by atoms with Gasteiger partial charge in [0.05, 0.1) is 16.4 Å². The Kier molecular flexibility index (Phi) is 3.84. The number of nitrogens with one attached hydrogen (secondary N) is 1. The van der Waals surface area contributed by atoms with Crippen molar-refractivity contribution < 1.29 is 4.42 Å². The average Bonchev–Trinajstić information content (AvgIpc) is 3.10. The zero-order valence-electron chi connectivity index (χ0n) is 14.4. The van der Waals surface area contributed by atoms with Crippen LogP contribution in [0.1, 0.15) is 0 Å². The molecule has 0 atom stereocenters. The normalized spacial score (nSPS) is 11.1. The molecule has 27 heavy (non-hydrogen) atoms. The molecule has 5 rings (SSSR count). The van der Waals surface area contributed by atoms with Gasteiger partial charge in [-0.2, -0.15) is 0 Å². The fourth-order valence-electron chi connectivity index (χ4n) is 3.42. The van der Waals surface area contributed by atoms with Gasteiger partial charge in [-0.15, -0.1) is 0 Å². The van der Waals surface area contributed by atoms with E-state index in [9.17, 15) is 0 Å². The summed E-state index contributed by atoms with van der Waals surface area (Å²) in [6.07, 6.45) is 0. The van der Waals surface area contributed by atoms with Crippen LogP contribution in [0.2, 0.25) is 5.02 Å². The smallest absolute Gasteiger partial charge is 0.158 e. The van der Waals surface area contributed by atoms with Gasteiger partial charge in [-0.1, -0.05) is 78.3 Å². The summed E-state index contributed by atoms with van der Waals surface area (Å²) in [5, 5.41) is 6.30. The molecule has 3 heteroatoms. The number of hydrogen-bond acceptors (Lipinski definition) is 2. The molecule has 0 aliphatic carbocycles. The van der Waals surface area contributed by atoms with Crippen molar-refractivity contribution in [3.8, 4) is 11.1 Å². The van der Waals surface area contributed by atoms with Crippen molar-refractivity contribution in [3.05, 3.63) is 96.0 Å². The molecular formula is C24H16ClNO. The zero-order chi connectivity index (χ0) is 18.2. The van der Waals surface area contributed by atoms with Crippen LogP contribution in [-0.4, -0.2) is 0 Å². The highest BCUT2D eigenvalue weighted by Gasteiger charge is 2.11. The first-order chi connectivity index (χ1) is 13.3. The fraction of sp³-hybridized carbons (Fsp3) is 0. The summed E-state index contributed by atoms with van der Waals surface area (Å²) < 4.78 is 6.08. The molecule has 0 bridgehead atoms. The van der Waals surface area contributed by atoms with Gasteiger partial charge in [-0.05, 0) is 35.4 Å². The SMILES string of the molecule is Clc1cc(-c2ccccc2)ccc1Nc1cccc2c1oc1ccccc12. The Morgan fingerprint density at radius 2 is 1.41 bits per heavy atom. The number of halogens is 1. The van der Waals surface area contributed by atoms with Crippen molar-refractivity contribution in [1.82, 2.24) is 0 Å². The largest absolute Gasteiger partial charge is 0.454 e. The van der Waals surface area contributed by atoms with Gasteiger partial charge in [-0.25, -0.2) is 0 Å². The van der Waals surface area contributed by atoms with Crippen LogP contribution in [0, 0.1) is 0 Å². The molecule has 0 amide bonds. The highest BCUT2D eigenvalue weighted by Crippen LogP contribution is 2.36. The topological polar surface area (TPSA) is 25.2 Å². The Bertz CT molecular complexity index is 1260.